The number of hydrogen-bond donors (Lipinski definition) is 1. The fraction of sp³-hybridized carbons (Fsp3) is 0.438. The number of aromatic nitrogens is 1. The SMILES string of the molecule is Cc1cc(NCC2(CS(C)(=O)=O)CC2)c2ccccc2n1. The van der Waals surface area contributed by atoms with E-state index in [4.69, 9.17) is 0 Å². The van der Waals surface area contributed by atoms with Gasteiger partial charge in [-0.15, -0.1) is 0 Å². The van der Waals surface area contributed by atoms with Gasteiger partial charge in [0.15, 0.2) is 0 Å². The molecule has 3 rings (SSSR count). The molecule has 0 aliphatic heterocycles. The summed E-state index contributed by atoms with van der Waals surface area (Å²) in [5.41, 5.74) is 2.89. The first kappa shape index (κ1) is 14.3. The predicted molar refractivity (Wildman–Crippen MR) is 86.3 cm³/mol. The van der Waals surface area contributed by atoms with Gasteiger partial charge < -0.3 is 5.32 Å². The van der Waals surface area contributed by atoms with Gasteiger partial charge in [0, 0.05) is 35.0 Å². The van der Waals surface area contributed by atoms with Crippen molar-refractivity contribution in [2.75, 3.05) is 23.9 Å². The minimum Gasteiger partial charge on any atom is -0.384 e. The summed E-state index contributed by atoms with van der Waals surface area (Å²) in [6, 6.07) is 10.0. The molecule has 21 heavy (non-hydrogen) atoms. The van der Waals surface area contributed by atoms with Crippen LogP contribution in [0.2, 0.25) is 0 Å². The van der Waals surface area contributed by atoms with Gasteiger partial charge in [-0.2, -0.15) is 0 Å². The zero-order chi connectivity index (χ0) is 15.1. The molecule has 5 heteroatoms. The van der Waals surface area contributed by atoms with Crippen LogP contribution in [-0.2, 0) is 9.84 Å². The molecule has 0 radical (unpaired) electrons. The third-order valence-corrected chi connectivity index (χ3v) is 5.16. The molecule has 112 valence electrons. The molecule has 1 aliphatic carbocycles. The molecule has 1 fully saturated rings. The highest BCUT2D eigenvalue weighted by Gasteiger charge is 2.44. The summed E-state index contributed by atoms with van der Waals surface area (Å²) >= 11 is 0. The standard InChI is InChI=1S/C16H20N2O2S/c1-12-9-15(13-5-3-4-6-14(13)18-12)17-10-16(7-8-16)11-21(2,19)20/h3-6,9H,7-8,10-11H2,1-2H3,(H,17,18). The Balaban J connectivity index is 1.83. The third-order valence-electron chi connectivity index (χ3n) is 4.02. The Hall–Kier alpha value is -1.62. The number of hydrogen-bond acceptors (Lipinski definition) is 4. The van der Waals surface area contributed by atoms with E-state index in [-0.39, 0.29) is 11.2 Å². The lowest BCUT2D eigenvalue weighted by Crippen LogP contribution is -2.24. The molecule has 1 aromatic carbocycles. The fourth-order valence-corrected chi connectivity index (χ4v) is 4.34. The smallest absolute Gasteiger partial charge is 0.148 e. The van der Waals surface area contributed by atoms with E-state index in [1.807, 2.05) is 37.3 Å². The summed E-state index contributed by atoms with van der Waals surface area (Å²) in [6.07, 6.45) is 3.28. The van der Waals surface area contributed by atoms with Gasteiger partial charge in [0.05, 0.1) is 11.3 Å². The average molecular weight is 304 g/mol. The van der Waals surface area contributed by atoms with Crippen LogP contribution in [0.1, 0.15) is 18.5 Å². The van der Waals surface area contributed by atoms with Crippen molar-refractivity contribution in [1.29, 1.82) is 0 Å². The molecular formula is C16H20N2O2S. The number of nitrogens with one attached hydrogen (secondary N) is 1. The number of pyridine rings is 1. The van der Waals surface area contributed by atoms with Gasteiger partial charge in [-0.3, -0.25) is 4.98 Å². The lowest BCUT2D eigenvalue weighted by molar-refractivity contribution is 0.561. The summed E-state index contributed by atoms with van der Waals surface area (Å²) in [6.45, 7) is 2.68. The lowest BCUT2D eigenvalue weighted by Gasteiger charge is -2.17. The van der Waals surface area contributed by atoms with Gasteiger partial charge in [-0.1, -0.05) is 18.2 Å². The Morgan fingerprint density at radius 3 is 2.67 bits per heavy atom. The topological polar surface area (TPSA) is 59.1 Å². The maximum absolute atomic E-state index is 11.5. The second-order valence-corrected chi connectivity index (χ2v) is 8.39. The number of fused-ring (bicyclic) bond motifs is 1. The minimum absolute atomic E-state index is 0.0775. The quantitative estimate of drug-likeness (QED) is 0.923. The molecule has 0 saturated heterocycles. The van der Waals surface area contributed by atoms with Gasteiger partial charge >= 0.3 is 0 Å². The van der Waals surface area contributed by atoms with E-state index in [9.17, 15) is 8.42 Å². The predicted octanol–water partition coefficient (Wildman–Crippen LogP) is 2.78. The van der Waals surface area contributed by atoms with Crippen molar-refractivity contribution in [3.8, 4) is 0 Å². The van der Waals surface area contributed by atoms with Crippen molar-refractivity contribution in [2.24, 2.45) is 5.41 Å². The molecule has 1 aliphatic rings. The van der Waals surface area contributed by atoms with E-state index in [0.29, 0.717) is 6.54 Å². The third kappa shape index (κ3) is 3.35. The minimum atomic E-state index is -2.93. The lowest BCUT2D eigenvalue weighted by atomic mass is 10.1. The monoisotopic (exact) mass is 304 g/mol. The largest absolute Gasteiger partial charge is 0.384 e. The van der Waals surface area contributed by atoms with E-state index in [1.54, 1.807) is 0 Å². The molecule has 2 aromatic rings. The Bertz CT molecular complexity index is 780. The van der Waals surface area contributed by atoms with E-state index < -0.39 is 9.84 Å². The van der Waals surface area contributed by atoms with Crippen LogP contribution in [-0.4, -0.2) is 32.0 Å². The first-order valence-electron chi connectivity index (χ1n) is 7.15. The second kappa shape index (κ2) is 4.98. The van der Waals surface area contributed by atoms with Crippen molar-refractivity contribution in [2.45, 2.75) is 19.8 Å². The number of benzene rings is 1. The highest BCUT2D eigenvalue weighted by molar-refractivity contribution is 7.90. The van der Waals surface area contributed by atoms with E-state index >= 15 is 0 Å². The van der Waals surface area contributed by atoms with Crippen molar-refractivity contribution in [1.82, 2.24) is 4.98 Å². The van der Waals surface area contributed by atoms with Gasteiger partial charge in [0.2, 0.25) is 0 Å². The number of rotatable bonds is 5. The molecule has 1 N–H and O–H groups in total. The zero-order valence-corrected chi connectivity index (χ0v) is 13.2. The average Bonchev–Trinajstić information content (AvgIpc) is 3.13. The number of aryl methyl sites for hydroxylation is 1. The Morgan fingerprint density at radius 1 is 1.29 bits per heavy atom. The van der Waals surface area contributed by atoms with Crippen LogP contribution in [0.3, 0.4) is 0 Å². The molecule has 1 saturated carbocycles. The van der Waals surface area contributed by atoms with Crippen molar-refractivity contribution in [3.05, 3.63) is 36.0 Å². The van der Waals surface area contributed by atoms with Crippen LogP contribution in [0.15, 0.2) is 30.3 Å². The van der Waals surface area contributed by atoms with Crippen LogP contribution in [0.25, 0.3) is 10.9 Å². The molecule has 0 unspecified atom stereocenters. The molecule has 1 aromatic heterocycles. The van der Waals surface area contributed by atoms with Gasteiger partial charge in [-0.05, 0) is 31.9 Å². The summed E-state index contributed by atoms with van der Waals surface area (Å²) in [4.78, 5) is 4.52. The van der Waals surface area contributed by atoms with E-state index in [0.717, 1.165) is 35.1 Å². The van der Waals surface area contributed by atoms with Gasteiger partial charge in [0.1, 0.15) is 9.84 Å². The van der Waals surface area contributed by atoms with Gasteiger partial charge in [0.25, 0.3) is 0 Å². The molecule has 0 bridgehead atoms. The highest BCUT2D eigenvalue weighted by Crippen LogP contribution is 2.46. The maximum atomic E-state index is 11.5. The second-order valence-electron chi connectivity index (χ2n) is 6.25. The zero-order valence-electron chi connectivity index (χ0n) is 12.4. The maximum Gasteiger partial charge on any atom is 0.148 e. The van der Waals surface area contributed by atoms with E-state index in [2.05, 4.69) is 10.3 Å². The summed E-state index contributed by atoms with van der Waals surface area (Å²) in [7, 11) is -2.93. The molecular weight excluding hydrogens is 284 g/mol. The highest BCUT2D eigenvalue weighted by atomic mass is 32.2. The van der Waals surface area contributed by atoms with E-state index in [1.165, 1.54) is 6.26 Å². The Kier molecular flexibility index (Phi) is 3.40. The van der Waals surface area contributed by atoms with Crippen LogP contribution in [0, 0.1) is 12.3 Å². The molecule has 0 atom stereocenters. The Labute approximate surface area is 125 Å². The number of sulfone groups is 1. The first-order valence-corrected chi connectivity index (χ1v) is 9.21. The Morgan fingerprint density at radius 2 is 2.00 bits per heavy atom. The number of anilines is 1. The molecule has 1 heterocycles. The summed E-state index contributed by atoms with van der Waals surface area (Å²) in [5.74, 6) is 0.273. The van der Waals surface area contributed by atoms with Crippen molar-refractivity contribution in [3.63, 3.8) is 0 Å². The fourth-order valence-electron chi connectivity index (χ4n) is 2.84. The van der Waals surface area contributed by atoms with Crippen LogP contribution in [0.5, 0.6) is 0 Å². The summed E-state index contributed by atoms with van der Waals surface area (Å²) in [5, 5.41) is 4.53. The number of para-hydroxylation sites is 1. The van der Waals surface area contributed by atoms with Crippen molar-refractivity contribution >= 4 is 26.4 Å². The molecule has 0 spiro atoms. The van der Waals surface area contributed by atoms with Crippen LogP contribution in [0.4, 0.5) is 5.69 Å². The first-order chi connectivity index (χ1) is 9.87. The van der Waals surface area contributed by atoms with Crippen LogP contribution < -0.4 is 5.32 Å². The normalized spacial score (nSPS) is 16.9. The summed E-state index contributed by atoms with van der Waals surface area (Å²) < 4.78 is 23.1. The molecule has 4 nitrogen and oxygen atoms in total. The van der Waals surface area contributed by atoms with Gasteiger partial charge in [-0.25, -0.2) is 8.42 Å². The van der Waals surface area contributed by atoms with Crippen molar-refractivity contribution < 1.29 is 8.42 Å². The molecule has 0 amide bonds. The van der Waals surface area contributed by atoms with Crippen LogP contribution >= 0.6 is 0 Å². The number of nitrogens with zero attached hydrogens (tertiary/aromatic N) is 1.